The van der Waals surface area contributed by atoms with Crippen molar-refractivity contribution in [1.82, 2.24) is 34.9 Å². The molecule has 2 saturated heterocycles. The van der Waals surface area contributed by atoms with Gasteiger partial charge in [0.25, 0.3) is 0 Å². The normalized spacial score (nSPS) is 26.8. The van der Waals surface area contributed by atoms with Crippen LogP contribution >= 0.6 is 24.0 Å². The van der Waals surface area contributed by atoms with E-state index in [9.17, 15) is 4.79 Å². The Morgan fingerprint density at radius 3 is 2.69 bits per heavy atom. The summed E-state index contributed by atoms with van der Waals surface area (Å²) in [7, 11) is 0. The van der Waals surface area contributed by atoms with Gasteiger partial charge in [0.1, 0.15) is 5.41 Å². The van der Waals surface area contributed by atoms with Gasteiger partial charge in [0.2, 0.25) is 5.91 Å². The molecule has 2 atom stereocenters. The van der Waals surface area contributed by atoms with Gasteiger partial charge in [-0.1, -0.05) is 11.6 Å². The van der Waals surface area contributed by atoms with Crippen molar-refractivity contribution in [1.29, 1.82) is 0 Å². The van der Waals surface area contributed by atoms with Gasteiger partial charge in [-0.3, -0.25) is 9.48 Å². The Hall–Kier alpha value is -2.16. The molecule has 3 aromatic heterocycles. The van der Waals surface area contributed by atoms with E-state index in [0.29, 0.717) is 10.7 Å². The van der Waals surface area contributed by atoms with Gasteiger partial charge in [-0.25, -0.2) is 9.97 Å². The van der Waals surface area contributed by atoms with E-state index in [1.807, 2.05) is 27.9 Å². The predicted molar refractivity (Wildman–Crippen MR) is 124 cm³/mol. The summed E-state index contributed by atoms with van der Waals surface area (Å²) >= 11 is 6.24. The zero-order valence-electron chi connectivity index (χ0n) is 17.8. The number of amides is 1. The molecule has 1 amide bonds. The van der Waals surface area contributed by atoms with Crippen LogP contribution in [0.15, 0.2) is 30.9 Å². The second kappa shape index (κ2) is 8.01. The number of carbonyl (C=O) groups excluding carboxylic acids is 1. The van der Waals surface area contributed by atoms with Gasteiger partial charge < -0.3 is 15.2 Å². The van der Waals surface area contributed by atoms with Crippen molar-refractivity contribution in [3.63, 3.8) is 0 Å². The lowest BCUT2D eigenvalue weighted by atomic mass is 9.66. The number of rotatable bonds is 4. The molecule has 1 aliphatic carbocycles. The number of H-pyrrole nitrogens is 1. The number of imidazole rings is 1. The van der Waals surface area contributed by atoms with Crippen LogP contribution in [-0.2, 0) is 15.7 Å². The molecule has 8 nitrogen and oxygen atoms in total. The molecule has 0 aromatic carbocycles. The first kappa shape index (κ1) is 21.7. The fourth-order valence-electron chi connectivity index (χ4n) is 5.79. The third kappa shape index (κ3) is 3.15. The van der Waals surface area contributed by atoms with E-state index in [-0.39, 0.29) is 29.9 Å². The number of halogens is 2. The first-order valence-corrected chi connectivity index (χ1v) is 11.6. The molecular weight excluding hydrogens is 449 g/mol. The molecule has 3 aromatic rings. The Kier molecular flexibility index (Phi) is 5.42. The molecule has 0 bridgehead atoms. The number of pyridine rings is 1. The summed E-state index contributed by atoms with van der Waals surface area (Å²) in [6.07, 6.45) is 11.0. The van der Waals surface area contributed by atoms with Gasteiger partial charge in [-0.05, 0) is 57.2 Å². The van der Waals surface area contributed by atoms with Crippen molar-refractivity contribution in [3.05, 3.63) is 41.6 Å². The molecule has 2 aliphatic heterocycles. The number of hydrogen-bond donors (Lipinski definition) is 2. The van der Waals surface area contributed by atoms with Gasteiger partial charge in [0.15, 0.2) is 5.65 Å². The fraction of sp³-hybridized carbons (Fsp3) is 0.545. The molecule has 3 aliphatic rings. The van der Waals surface area contributed by atoms with Crippen molar-refractivity contribution < 1.29 is 4.79 Å². The van der Waals surface area contributed by atoms with Crippen LogP contribution < -0.4 is 5.32 Å². The first-order chi connectivity index (χ1) is 15.1. The lowest BCUT2D eigenvalue weighted by Crippen LogP contribution is -2.66. The maximum atomic E-state index is 14.3. The zero-order valence-corrected chi connectivity index (χ0v) is 19.3. The third-order valence-corrected chi connectivity index (χ3v) is 7.61. The second-order valence-electron chi connectivity index (χ2n) is 9.14. The molecule has 1 unspecified atom stereocenters. The summed E-state index contributed by atoms with van der Waals surface area (Å²) in [6, 6.07) is 3.90. The quantitative estimate of drug-likeness (QED) is 0.604. The molecule has 3 fully saturated rings. The van der Waals surface area contributed by atoms with Crippen LogP contribution in [0.2, 0.25) is 5.02 Å². The Morgan fingerprint density at radius 2 is 1.97 bits per heavy atom. The topological polar surface area (TPSA) is 91.7 Å². The highest BCUT2D eigenvalue weighted by molar-refractivity contribution is 6.30. The maximum absolute atomic E-state index is 14.3. The predicted octanol–water partition coefficient (Wildman–Crippen LogP) is 3.03. The van der Waals surface area contributed by atoms with Crippen LogP contribution in [-0.4, -0.2) is 61.2 Å². The van der Waals surface area contributed by atoms with Crippen molar-refractivity contribution in [3.8, 4) is 0 Å². The average molecular weight is 476 g/mol. The SMILES string of the molecule is Cl.O=C(N1CCCC1)C1(c2ccc3[nH]cnc3n2)CCCN[C@H]1C1(n2cc(Cl)cn2)CC1. The monoisotopic (exact) mass is 475 g/mol. The summed E-state index contributed by atoms with van der Waals surface area (Å²) in [5.41, 5.74) is 1.32. The summed E-state index contributed by atoms with van der Waals surface area (Å²) < 4.78 is 1.98. The molecule has 1 saturated carbocycles. The molecule has 32 heavy (non-hydrogen) atoms. The van der Waals surface area contributed by atoms with Crippen molar-refractivity contribution in [2.75, 3.05) is 19.6 Å². The molecule has 170 valence electrons. The van der Waals surface area contributed by atoms with E-state index >= 15 is 0 Å². The van der Waals surface area contributed by atoms with E-state index in [1.165, 1.54) is 0 Å². The number of aromatic nitrogens is 5. The van der Waals surface area contributed by atoms with E-state index in [1.54, 1.807) is 12.5 Å². The first-order valence-electron chi connectivity index (χ1n) is 11.2. The van der Waals surface area contributed by atoms with E-state index in [0.717, 1.165) is 69.4 Å². The van der Waals surface area contributed by atoms with E-state index in [2.05, 4.69) is 20.4 Å². The number of nitrogens with one attached hydrogen (secondary N) is 2. The van der Waals surface area contributed by atoms with Crippen LogP contribution in [0.25, 0.3) is 11.2 Å². The second-order valence-corrected chi connectivity index (χ2v) is 9.57. The third-order valence-electron chi connectivity index (χ3n) is 7.41. The molecular formula is C22H27Cl2N7O. The summed E-state index contributed by atoms with van der Waals surface area (Å²) in [6.45, 7) is 2.51. The van der Waals surface area contributed by atoms with Crippen molar-refractivity contribution in [2.45, 2.75) is 55.5 Å². The molecule has 5 heterocycles. The largest absolute Gasteiger partial charge is 0.343 e. The Morgan fingerprint density at radius 1 is 1.16 bits per heavy atom. The van der Waals surface area contributed by atoms with Gasteiger partial charge in [-0.15, -0.1) is 12.4 Å². The van der Waals surface area contributed by atoms with Gasteiger partial charge in [0.05, 0.1) is 40.3 Å². The van der Waals surface area contributed by atoms with Crippen LogP contribution in [0.5, 0.6) is 0 Å². The number of aromatic amines is 1. The number of carbonyl (C=O) groups is 1. The molecule has 0 spiro atoms. The van der Waals surface area contributed by atoms with E-state index in [4.69, 9.17) is 16.6 Å². The smallest absolute Gasteiger partial charge is 0.236 e. The molecule has 2 N–H and O–H groups in total. The van der Waals surface area contributed by atoms with Gasteiger partial charge in [-0.2, -0.15) is 5.10 Å². The van der Waals surface area contributed by atoms with Crippen molar-refractivity contribution >= 4 is 41.1 Å². The maximum Gasteiger partial charge on any atom is 0.236 e. The molecule has 0 radical (unpaired) electrons. The van der Waals surface area contributed by atoms with Crippen LogP contribution in [0.3, 0.4) is 0 Å². The summed E-state index contributed by atoms with van der Waals surface area (Å²) in [5, 5.41) is 8.93. The fourth-order valence-corrected chi connectivity index (χ4v) is 5.93. The minimum Gasteiger partial charge on any atom is -0.343 e. The van der Waals surface area contributed by atoms with Crippen LogP contribution in [0.1, 0.15) is 44.2 Å². The highest BCUT2D eigenvalue weighted by Gasteiger charge is 2.64. The minimum atomic E-state index is -0.759. The number of likely N-dealkylation sites (tertiary alicyclic amines) is 1. The Balaban J connectivity index is 0.00000216. The number of piperidine rings is 1. The summed E-state index contributed by atoms with van der Waals surface area (Å²) in [5.74, 6) is 0.189. The average Bonchev–Trinajstić information content (AvgIpc) is 3.20. The highest BCUT2D eigenvalue weighted by atomic mass is 35.5. The van der Waals surface area contributed by atoms with Gasteiger partial charge in [0, 0.05) is 19.3 Å². The summed E-state index contributed by atoms with van der Waals surface area (Å²) in [4.78, 5) is 28.7. The van der Waals surface area contributed by atoms with Crippen LogP contribution in [0, 0.1) is 0 Å². The standard InChI is InChI=1S/C22H26ClN7O.ClH/c23-15-12-27-30(13-15)21(7-8-21)19-22(6-3-9-24-19,20(31)29-10-1-2-11-29)17-5-4-16-18(28-17)26-14-25-16;/h4-5,12-14,19,24H,1-3,6-11H2,(H,25,26,28);1H/t19-,22?;/m0./s1. The highest BCUT2D eigenvalue weighted by Crippen LogP contribution is 2.54. The van der Waals surface area contributed by atoms with E-state index < -0.39 is 5.41 Å². The number of hydrogen-bond acceptors (Lipinski definition) is 5. The molecule has 6 rings (SSSR count). The number of fused-ring (bicyclic) bond motifs is 1. The number of nitrogens with zero attached hydrogens (tertiary/aromatic N) is 5. The van der Waals surface area contributed by atoms with Crippen LogP contribution in [0.4, 0.5) is 0 Å². The Labute approximate surface area is 197 Å². The minimum absolute atomic E-state index is 0. The Bertz CT molecular complexity index is 1130. The van der Waals surface area contributed by atoms with Crippen molar-refractivity contribution in [2.24, 2.45) is 0 Å². The lowest BCUT2D eigenvalue weighted by molar-refractivity contribution is -0.140. The molecule has 10 heteroatoms. The lowest BCUT2D eigenvalue weighted by Gasteiger charge is -2.48. The zero-order chi connectivity index (χ0) is 21.1. The van der Waals surface area contributed by atoms with Gasteiger partial charge >= 0.3 is 0 Å².